The number of rotatable bonds is 2. The molecule has 0 aliphatic carbocycles. The van der Waals surface area contributed by atoms with Crippen LogP contribution in [0.25, 0.3) is 10.9 Å². The highest BCUT2D eigenvalue weighted by Crippen LogP contribution is 2.24. The van der Waals surface area contributed by atoms with Gasteiger partial charge in [-0.05, 0) is 36.4 Å². The summed E-state index contributed by atoms with van der Waals surface area (Å²) in [5, 5.41) is 3.52. The van der Waals surface area contributed by atoms with Crippen LogP contribution >= 0.6 is 11.6 Å². The Labute approximate surface area is 124 Å². The van der Waals surface area contributed by atoms with Gasteiger partial charge in [-0.15, -0.1) is 0 Å². The Morgan fingerprint density at radius 3 is 2.86 bits per heavy atom. The molecule has 1 heterocycles. The molecule has 0 saturated carbocycles. The molecule has 4 N–H and O–H groups in total. The summed E-state index contributed by atoms with van der Waals surface area (Å²) in [4.78, 5) is 15.3. The molecule has 106 valence electrons. The van der Waals surface area contributed by atoms with Crippen LogP contribution in [0, 0.1) is 5.82 Å². The van der Waals surface area contributed by atoms with Crippen LogP contribution in [0.2, 0.25) is 5.02 Å². The van der Waals surface area contributed by atoms with Crippen molar-refractivity contribution in [3.05, 3.63) is 59.0 Å². The van der Waals surface area contributed by atoms with Crippen molar-refractivity contribution in [1.29, 1.82) is 0 Å². The number of amides is 1. The smallest absolute Gasteiger partial charge is 0.257 e. The van der Waals surface area contributed by atoms with E-state index in [4.69, 9.17) is 17.3 Å². The number of carbonyl (C=O) groups is 1. The van der Waals surface area contributed by atoms with E-state index in [0.29, 0.717) is 21.7 Å². The molecule has 0 aliphatic rings. The number of aromatic amines is 1. The molecule has 1 amide bonds. The fourth-order valence-electron chi connectivity index (χ4n) is 2.11. The molecule has 0 spiro atoms. The molecular formula is C15H11ClFN3O. The lowest BCUT2D eigenvalue weighted by Gasteiger charge is -2.06. The van der Waals surface area contributed by atoms with Gasteiger partial charge in [-0.3, -0.25) is 4.79 Å². The quantitative estimate of drug-likeness (QED) is 0.630. The Balaban J connectivity index is 1.97. The van der Waals surface area contributed by atoms with E-state index in [1.165, 1.54) is 18.2 Å². The maximum atomic E-state index is 13.6. The Morgan fingerprint density at radius 2 is 2.05 bits per heavy atom. The molecule has 6 heteroatoms. The summed E-state index contributed by atoms with van der Waals surface area (Å²) in [5.74, 6) is -0.986. The van der Waals surface area contributed by atoms with E-state index in [2.05, 4.69) is 10.3 Å². The van der Waals surface area contributed by atoms with Crippen molar-refractivity contribution < 1.29 is 9.18 Å². The number of aromatic nitrogens is 1. The normalized spacial score (nSPS) is 10.8. The standard InChI is InChI=1S/C15H11ClFN3O/c16-8-1-3-12(17)14(5-8)20-15(21)11-7-19-13-4-2-9(18)6-10(11)13/h1-7,19H,18H2,(H,20,21). The Bertz CT molecular complexity index is 844. The van der Waals surface area contributed by atoms with Crippen LogP contribution in [-0.2, 0) is 0 Å². The van der Waals surface area contributed by atoms with Crippen molar-refractivity contribution in [2.45, 2.75) is 0 Å². The first kappa shape index (κ1) is 13.5. The number of hydrogen-bond donors (Lipinski definition) is 3. The van der Waals surface area contributed by atoms with E-state index in [1.54, 1.807) is 24.4 Å². The molecular weight excluding hydrogens is 293 g/mol. The maximum Gasteiger partial charge on any atom is 0.257 e. The van der Waals surface area contributed by atoms with Crippen LogP contribution < -0.4 is 11.1 Å². The fraction of sp³-hybridized carbons (Fsp3) is 0. The van der Waals surface area contributed by atoms with E-state index < -0.39 is 11.7 Å². The zero-order chi connectivity index (χ0) is 15.0. The molecule has 21 heavy (non-hydrogen) atoms. The minimum absolute atomic E-state index is 0.0331. The van der Waals surface area contributed by atoms with Crippen molar-refractivity contribution in [2.24, 2.45) is 0 Å². The molecule has 2 aromatic carbocycles. The molecule has 0 aliphatic heterocycles. The van der Waals surface area contributed by atoms with Gasteiger partial charge in [0.05, 0.1) is 11.3 Å². The Hall–Kier alpha value is -2.53. The Morgan fingerprint density at radius 1 is 1.24 bits per heavy atom. The van der Waals surface area contributed by atoms with E-state index >= 15 is 0 Å². The lowest BCUT2D eigenvalue weighted by Crippen LogP contribution is -2.12. The average Bonchev–Trinajstić information content (AvgIpc) is 2.85. The number of nitrogens with one attached hydrogen (secondary N) is 2. The summed E-state index contributed by atoms with van der Waals surface area (Å²) in [6, 6.07) is 9.18. The number of halogens is 2. The minimum Gasteiger partial charge on any atom is -0.399 e. The molecule has 0 fully saturated rings. The molecule has 0 unspecified atom stereocenters. The summed E-state index contributed by atoms with van der Waals surface area (Å²) in [6.45, 7) is 0. The molecule has 0 saturated heterocycles. The zero-order valence-electron chi connectivity index (χ0n) is 10.8. The SMILES string of the molecule is Nc1ccc2[nH]cc(C(=O)Nc3cc(Cl)ccc3F)c2c1. The number of fused-ring (bicyclic) bond motifs is 1. The van der Waals surface area contributed by atoms with Crippen LogP contribution in [0.5, 0.6) is 0 Å². The molecule has 0 atom stereocenters. The highest BCUT2D eigenvalue weighted by atomic mass is 35.5. The summed E-state index contributed by atoms with van der Waals surface area (Å²) in [7, 11) is 0. The van der Waals surface area contributed by atoms with Crippen molar-refractivity contribution >= 4 is 39.8 Å². The van der Waals surface area contributed by atoms with Gasteiger partial charge in [0.1, 0.15) is 5.82 Å². The van der Waals surface area contributed by atoms with Crippen LogP contribution in [0.4, 0.5) is 15.8 Å². The van der Waals surface area contributed by atoms with Crippen LogP contribution in [0.1, 0.15) is 10.4 Å². The first-order chi connectivity index (χ1) is 10.0. The number of benzene rings is 2. The Kier molecular flexibility index (Phi) is 3.27. The van der Waals surface area contributed by atoms with Crippen molar-refractivity contribution in [2.75, 3.05) is 11.1 Å². The summed E-state index contributed by atoms with van der Waals surface area (Å²) >= 11 is 5.80. The van der Waals surface area contributed by atoms with Gasteiger partial charge >= 0.3 is 0 Å². The molecule has 4 nitrogen and oxygen atoms in total. The van der Waals surface area contributed by atoms with Gasteiger partial charge in [0, 0.05) is 27.8 Å². The van der Waals surface area contributed by atoms with E-state index in [0.717, 1.165) is 5.52 Å². The van der Waals surface area contributed by atoms with Crippen molar-refractivity contribution in [3.63, 3.8) is 0 Å². The second kappa shape index (κ2) is 5.10. The van der Waals surface area contributed by atoms with Crippen LogP contribution in [0.15, 0.2) is 42.6 Å². The predicted octanol–water partition coefficient (Wildman–Crippen LogP) is 3.79. The number of carbonyl (C=O) groups excluding carboxylic acids is 1. The molecule has 0 radical (unpaired) electrons. The van der Waals surface area contributed by atoms with E-state index in [1.807, 2.05) is 0 Å². The second-order valence-corrected chi connectivity index (χ2v) is 5.02. The van der Waals surface area contributed by atoms with Gasteiger partial charge < -0.3 is 16.0 Å². The summed E-state index contributed by atoms with van der Waals surface area (Å²) in [6.07, 6.45) is 1.56. The van der Waals surface area contributed by atoms with Crippen molar-refractivity contribution in [3.8, 4) is 0 Å². The number of H-pyrrole nitrogens is 1. The zero-order valence-corrected chi connectivity index (χ0v) is 11.5. The largest absolute Gasteiger partial charge is 0.399 e. The number of hydrogen-bond acceptors (Lipinski definition) is 2. The van der Waals surface area contributed by atoms with Gasteiger partial charge in [0.25, 0.3) is 5.91 Å². The van der Waals surface area contributed by atoms with Gasteiger partial charge in [-0.25, -0.2) is 4.39 Å². The first-order valence-corrected chi connectivity index (χ1v) is 6.55. The van der Waals surface area contributed by atoms with Crippen LogP contribution in [-0.4, -0.2) is 10.9 Å². The van der Waals surface area contributed by atoms with Gasteiger partial charge in [-0.2, -0.15) is 0 Å². The van der Waals surface area contributed by atoms with Crippen LogP contribution in [0.3, 0.4) is 0 Å². The fourth-order valence-corrected chi connectivity index (χ4v) is 2.28. The van der Waals surface area contributed by atoms with Crippen molar-refractivity contribution in [1.82, 2.24) is 4.98 Å². The maximum absolute atomic E-state index is 13.6. The van der Waals surface area contributed by atoms with E-state index in [-0.39, 0.29) is 5.69 Å². The highest BCUT2D eigenvalue weighted by Gasteiger charge is 2.14. The summed E-state index contributed by atoms with van der Waals surface area (Å²) in [5.41, 5.74) is 7.47. The number of anilines is 2. The lowest BCUT2D eigenvalue weighted by molar-refractivity contribution is 0.102. The average molecular weight is 304 g/mol. The number of nitrogen functional groups attached to an aromatic ring is 1. The molecule has 3 aromatic rings. The van der Waals surface area contributed by atoms with E-state index in [9.17, 15) is 9.18 Å². The third-order valence-electron chi connectivity index (χ3n) is 3.13. The van der Waals surface area contributed by atoms with Gasteiger partial charge in [0.15, 0.2) is 0 Å². The molecule has 1 aromatic heterocycles. The minimum atomic E-state index is -0.549. The lowest BCUT2D eigenvalue weighted by atomic mass is 10.1. The monoisotopic (exact) mass is 303 g/mol. The number of nitrogens with two attached hydrogens (primary N) is 1. The molecule has 0 bridgehead atoms. The third kappa shape index (κ3) is 2.55. The third-order valence-corrected chi connectivity index (χ3v) is 3.36. The second-order valence-electron chi connectivity index (χ2n) is 4.59. The topological polar surface area (TPSA) is 70.9 Å². The van der Waals surface area contributed by atoms with Gasteiger partial charge in [-0.1, -0.05) is 11.6 Å². The van der Waals surface area contributed by atoms with Gasteiger partial charge in [0.2, 0.25) is 0 Å². The highest BCUT2D eigenvalue weighted by molar-refractivity contribution is 6.31. The molecule has 3 rings (SSSR count). The predicted molar refractivity (Wildman–Crippen MR) is 82.1 cm³/mol. The summed E-state index contributed by atoms with van der Waals surface area (Å²) < 4.78 is 13.6. The first-order valence-electron chi connectivity index (χ1n) is 6.17.